The van der Waals surface area contributed by atoms with Gasteiger partial charge in [0.1, 0.15) is 11.5 Å². The van der Waals surface area contributed by atoms with E-state index in [1.807, 2.05) is 72.8 Å². The van der Waals surface area contributed by atoms with Gasteiger partial charge in [-0.25, -0.2) is 9.13 Å². The monoisotopic (exact) mass is 570 g/mol. The molecule has 0 saturated heterocycles. The zero-order chi connectivity index (χ0) is 28.0. The fraction of sp³-hybridized carbons (Fsp3) is 0.0625. The fourth-order valence-electron chi connectivity index (χ4n) is 4.33. The van der Waals surface area contributed by atoms with Gasteiger partial charge in [0, 0.05) is 0 Å². The van der Waals surface area contributed by atoms with Crippen molar-refractivity contribution in [3.8, 4) is 33.8 Å². The Morgan fingerprint density at radius 1 is 0.450 bits per heavy atom. The van der Waals surface area contributed by atoms with Gasteiger partial charge in [-0.1, -0.05) is 109 Å². The number of hydrogen-bond donors (Lipinski definition) is 2. The van der Waals surface area contributed by atoms with Crippen molar-refractivity contribution in [1.82, 2.24) is 0 Å². The van der Waals surface area contributed by atoms with Crippen molar-refractivity contribution in [1.29, 1.82) is 0 Å². The Labute approximate surface area is 233 Å². The lowest BCUT2D eigenvalue weighted by molar-refractivity contribution is 0.376. The Morgan fingerprint density at radius 3 is 1.18 bits per heavy atom. The molecule has 2 N–H and O–H groups in total. The number of rotatable bonds is 10. The second-order valence-corrected chi connectivity index (χ2v) is 12.9. The third-order valence-corrected chi connectivity index (χ3v) is 8.69. The highest BCUT2D eigenvalue weighted by Crippen LogP contribution is 2.48. The topological polar surface area (TPSA) is 93.1 Å². The number of benzene rings is 5. The standard InChI is InChI=1S/C32H28O6P2/c33-39(34,37-31-15-7-13-29(21-31)27-9-3-1-4-10-27)23-25-17-19-26(20-18-25)24-40(35,36)38-32-16-8-14-30(22-32)28-11-5-2-6-12-28/h1-22H,23-24H2,(H,33,34)(H,35,36). The molecule has 0 aliphatic carbocycles. The number of hydrogen-bond acceptors (Lipinski definition) is 4. The summed E-state index contributed by atoms with van der Waals surface area (Å²) in [6, 6.07) is 40.1. The van der Waals surface area contributed by atoms with Gasteiger partial charge in [0.2, 0.25) is 0 Å². The second-order valence-electron chi connectivity index (χ2n) is 9.38. The van der Waals surface area contributed by atoms with Crippen LogP contribution in [0.3, 0.4) is 0 Å². The quantitative estimate of drug-likeness (QED) is 0.164. The molecule has 0 aliphatic rings. The van der Waals surface area contributed by atoms with E-state index in [-0.39, 0.29) is 12.3 Å². The van der Waals surface area contributed by atoms with Crippen molar-refractivity contribution in [2.75, 3.05) is 0 Å². The molecular weight excluding hydrogens is 542 g/mol. The molecule has 0 saturated carbocycles. The van der Waals surface area contributed by atoms with Crippen molar-refractivity contribution in [3.05, 3.63) is 145 Å². The smallest absolute Gasteiger partial charge is 0.380 e. The highest BCUT2D eigenvalue weighted by Gasteiger charge is 2.24. The van der Waals surface area contributed by atoms with Crippen LogP contribution in [0.2, 0.25) is 0 Å². The Morgan fingerprint density at radius 2 is 0.800 bits per heavy atom. The van der Waals surface area contributed by atoms with E-state index < -0.39 is 15.2 Å². The molecule has 40 heavy (non-hydrogen) atoms. The van der Waals surface area contributed by atoms with Crippen LogP contribution in [0.5, 0.6) is 11.5 Å². The predicted octanol–water partition coefficient (Wildman–Crippen LogP) is 8.55. The summed E-state index contributed by atoms with van der Waals surface area (Å²) in [4.78, 5) is 21.1. The van der Waals surface area contributed by atoms with Crippen LogP contribution in [0.15, 0.2) is 133 Å². The highest BCUT2D eigenvalue weighted by molar-refractivity contribution is 7.52. The molecule has 0 aromatic heterocycles. The van der Waals surface area contributed by atoms with E-state index in [4.69, 9.17) is 9.05 Å². The Hall–Kier alpha value is -3.92. The molecule has 0 fully saturated rings. The minimum atomic E-state index is -4.01. The van der Waals surface area contributed by atoms with Crippen LogP contribution in [0.1, 0.15) is 11.1 Å². The maximum atomic E-state index is 12.9. The van der Waals surface area contributed by atoms with Crippen molar-refractivity contribution < 1.29 is 28.0 Å². The van der Waals surface area contributed by atoms with Crippen LogP contribution in [0, 0.1) is 0 Å². The van der Waals surface area contributed by atoms with Gasteiger partial charge in [0.05, 0.1) is 12.3 Å². The lowest BCUT2D eigenvalue weighted by atomic mass is 10.1. The highest BCUT2D eigenvalue weighted by atomic mass is 31.2. The van der Waals surface area contributed by atoms with Crippen LogP contribution >= 0.6 is 15.2 Å². The van der Waals surface area contributed by atoms with Gasteiger partial charge in [-0.05, 0) is 57.6 Å². The largest absolute Gasteiger partial charge is 0.424 e. The molecule has 0 heterocycles. The molecule has 5 aromatic rings. The molecule has 0 bridgehead atoms. The van der Waals surface area contributed by atoms with E-state index >= 15 is 0 Å². The second kappa shape index (κ2) is 12.1. The van der Waals surface area contributed by atoms with Gasteiger partial charge < -0.3 is 18.8 Å². The van der Waals surface area contributed by atoms with E-state index in [0.29, 0.717) is 22.6 Å². The van der Waals surface area contributed by atoms with Crippen LogP contribution < -0.4 is 9.05 Å². The normalized spacial score (nSPS) is 14.1. The van der Waals surface area contributed by atoms with Crippen LogP contribution in [0.25, 0.3) is 22.3 Å². The van der Waals surface area contributed by atoms with Gasteiger partial charge in [-0.15, -0.1) is 0 Å². The summed E-state index contributed by atoms with van der Waals surface area (Å²) in [6.45, 7) is 0. The molecular formula is C32H28O6P2. The molecule has 6 nitrogen and oxygen atoms in total. The summed E-state index contributed by atoms with van der Waals surface area (Å²) < 4.78 is 36.7. The first-order valence-corrected chi connectivity index (χ1v) is 16.2. The summed E-state index contributed by atoms with van der Waals surface area (Å²) >= 11 is 0. The van der Waals surface area contributed by atoms with Crippen molar-refractivity contribution in [3.63, 3.8) is 0 Å². The maximum Gasteiger partial charge on any atom is 0.380 e. The molecule has 2 atom stereocenters. The van der Waals surface area contributed by atoms with E-state index in [0.717, 1.165) is 22.3 Å². The Bertz CT molecular complexity index is 1550. The minimum absolute atomic E-state index is 0.206. The Balaban J connectivity index is 1.21. The first-order valence-electron chi connectivity index (χ1n) is 12.7. The maximum absolute atomic E-state index is 12.9. The molecule has 0 radical (unpaired) electrons. The van der Waals surface area contributed by atoms with Crippen molar-refractivity contribution >= 4 is 15.2 Å². The van der Waals surface area contributed by atoms with E-state index in [1.165, 1.54) is 0 Å². The van der Waals surface area contributed by atoms with E-state index in [2.05, 4.69) is 0 Å². The molecule has 0 amide bonds. The summed E-state index contributed by atoms with van der Waals surface area (Å²) in [5.74, 6) is 0.608. The molecule has 5 rings (SSSR count). The summed E-state index contributed by atoms with van der Waals surface area (Å²) in [7, 11) is -8.02. The minimum Gasteiger partial charge on any atom is -0.424 e. The summed E-state index contributed by atoms with van der Waals surface area (Å²) in [5.41, 5.74) is 4.85. The van der Waals surface area contributed by atoms with Crippen LogP contribution in [0.4, 0.5) is 0 Å². The van der Waals surface area contributed by atoms with Crippen molar-refractivity contribution in [2.45, 2.75) is 12.3 Å². The molecule has 5 aromatic carbocycles. The van der Waals surface area contributed by atoms with Gasteiger partial charge in [0.15, 0.2) is 0 Å². The first-order chi connectivity index (χ1) is 19.2. The van der Waals surface area contributed by atoms with Gasteiger partial charge >= 0.3 is 15.2 Å². The van der Waals surface area contributed by atoms with Crippen molar-refractivity contribution in [2.24, 2.45) is 0 Å². The molecule has 2 unspecified atom stereocenters. The fourth-order valence-corrected chi connectivity index (χ4v) is 6.69. The third kappa shape index (κ3) is 7.59. The molecule has 202 valence electrons. The zero-order valence-electron chi connectivity index (χ0n) is 21.5. The van der Waals surface area contributed by atoms with Gasteiger partial charge in [0.25, 0.3) is 0 Å². The lowest BCUT2D eigenvalue weighted by Gasteiger charge is -2.16. The average Bonchev–Trinajstić information content (AvgIpc) is 2.94. The molecule has 8 heteroatoms. The average molecular weight is 571 g/mol. The van der Waals surface area contributed by atoms with Gasteiger partial charge in [-0.3, -0.25) is 0 Å². The third-order valence-electron chi connectivity index (χ3n) is 6.17. The summed E-state index contributed by atoms with van der Waals surface area (Å²) in [6.07, 6.45) is -0.412. The van der Waals surface area contributed by atoms with Crippen LogP contribution in [-0.2, 0) is 21.5 Å². The lowest BCUT2D eigenvalue weighted by Crippen LogP contribution is -1.98. The predicted molar refractivity (Wildman–Crippen MR) is 159 cm³/mol. The molecule has 0 spiro atoms. The molecule has 0 aliphatic heterocycles. The SMILES string of the molecule is O=P(O)(Cc1ccc(CP(=O)(O)Oc2cccc(-c3ccccc3)c2)cc1)Oc1cccc(-c2ccccc2)c1. The van der Waals surface area contributed by atoms with Crippen LogP contribution in [-0.4, -0.2) is 9.79 Å². The summed E-state index contributed by atoms with van der Waals surface area (Å²) in [5, 5.41) is 0. The van der Waals surface area contributed by atoms with Gasteiger partial charge in [-0.2, -0.15) is 0 Å². The Kier molecular flexibility index (Phi) is 8.35. The van der Waals surface area contributed by atoms with E-state index in [1.54, 1.807) is 60.7 Å². The first kappa shape index (κ1) is 27.6. The van der Waals surface area contributed by atoms with E-state index in [9.17, 15) is 18.9 Å². The zero-order valence-corrected chi connectivity index (χ0v) is 23.3.